The normalized spacial score (nSPS) is 9.95. The van der Waals surface area contributed by atoms with Crippen molar-refractivity contribution in [3.8, 4) is 0 Å². The van der Waals surface area contributed by atoms with Crippen LogP contribution in [0.3, 0.4) is 0 Å². The Morgan fingerprint density at radius 2 is 1.76 bits per heavy atom. The van der Waals surface area contributed by atoms with Gasteiger partial charge in [0.2, 0.25) is 5.95 Å². The molecule has 0 saturated carbocycles. The number of carbonyl (C=O) groups is 2. The molecule has 2 aromatic rings. The van der Waals surface area contributed by atoms with Gasteiger partial charge in [-0.25, -0.2) is 9.97 Å². The Balaban J connectivity index is 2.01. The Morgan fingerprint density at radius 1 is 1.10 bits per heavy atom. The molecule has 2 amide bonds. The highest BCUT2D eigenvalue weighted by molar-refractivity contribution is 6.39. The Hall–Kier alpha value is -2.76. The lowest BCUT2D eigenvalue weighted by Gasteiger charge is -2.20. The van der Waals surface area contributed by atoms with Gasteiger partial charge in [-0.1, -0.05) is 30.3 Å². The zero-order chi connectivity index (χ0) is 15.1. The Labute approximate surface area is 122 Å². The van der Waals surface area contributed by atoms with Crippen LogP contribution in [0, 0.1) is 0 Å². The predicted octanol–water partition coefficient (Wildman–Crippen LogP) is 1.46. The number of aromatic nitrogens is 2. The third-order valence-electron chi connectivity index (χ3n) is 2.87. The summed E-state index contributed by atoms with van der Waals surface area (Å²) in [7, 11) is 0. The van der Waals surface area contributed by atoms with Crippen LogP contribution in [0.4, 0.5) is 5.95 Å². The molecule has 6 nitrogen and oxygen atoms in total. The highest BCUT2D eigenvalue weighted by atomic mass is 16.2. The first-order valence-corrected chi connectivity index (χ1v) is 6.62. The van der Waals surface area contributed by atoms with Gasteiger partial charge in [-0.15, -0.1) is 0 Å². The van der Waals surface area contributed by atoms with Gasteiger partial charge in [0.15, 0.2) is 0 Å². The van der Waals surface area contributed by atoms with E-state index in [0.29, 0.717) is 13.1 Å². The number of hydrogen-bond donors (Lipinski definition) is 1. The summed E-state index contributed by atoms with van der Waals surface area (Å²) in [5.74, 6) is -1.22. The molecule has 0 spiro atoms. The highest BCUT2D eigenvalue weighted by Crippen LogP contribution is 2.05. The number of hydrogen-bond acceptors (Lipinski definition) is 4. The minimum atomic E-state index is -0.737. The van der Waals surface area contributed by atoms with Gasteiger partial charge in [-0.3, -0.25) is 14.9 Å². The lowest BCUT2D eigenvalue weighted by molar-refractivity contribution is -0.143. The molecule has 1 N–H and O–H groups in total. The van der Waals surface area contributed by atoms with Crippen LogP contribution in [0.25, 0.3) is 0 Å². The molecule has 0 aliphatic carbocycles. The van der Waals surface area contributed by atoms with Crippen molar-refractivity contribution in [3.63, 3.8) is 0 Å². The number of benzene rings is 1. The molecule has 0 atom stereocenters. The van der Waals surface area contributed by atoms with Crippen molar-refractivity contribution < 1.29 is 9.59 Å². The fraction of sp³-hybridized carbons (Fsp3) is 0.200. The molecular weight excluding hydrogens is 268 g/mol. The van der Waals surface area contributed by atoms with Gasteiger partial charge in [-0.2, -0.15) is 0 Å². The number of amides is 2. The van der Waals surface area contributed by atoms with Gasteiger partial charge >= 0.3 is 11.8 Å². The quantitative estimate of drug-likeness (QED) is 0.863. The first-order chi connectivity index (χ1) is 10.2. The summed E-state index contributed by atoms with van der Waals surface area (Å²) in [4.78, 5) is 33.2. The van der Waals surface area contributed by atoms with Crippen LogP contribution < -0.4 is 5.32 Å². The molecule has 0 bridgehead atoms. The molecule has 6 heteroatoms. The number of likely N-dealkylation sites (N-methyl/N-ethyl adjacent to an activating group) is 1. The third-order valence-corrected chi connectivity index (χ3v) is 2.87. The van der Waals surface area contributed by atoms with Crippen LogP contribution in [0.1, 0.15) is 12.5 Å². The van der Waals surface area contributed by atoms with E-state index in [1.165, 1.54) is 17.3 Å². The summed E-state index contributed by atoms with van der Waals surface area (Å²) in [6.07, 6.45) is 2.99. The lowest BCUT2D eigenvalue weighted by Crippen LogP contribution is -2.39. The SMILES string of the molecule is CCN(Cc1ccccc1)C(=O)C(=O)Nc1ncccn1. The van der Waals surface area contributed by atoms with Gasteiger partial charge in [0.05, 0.1) is 0 Å². The molecule has 2 rings (SSSR count). The van der Waals surface area contributed by atoms with Gasteiger partial charge in [0, 0.05) is 25.5 Å². The van der Waals surface area contributed by atoms with E-state index >= 15 is 0 Å². The van der Waals surface area contributed by atoms with Gasteiger partial charge in [-0.05, 0) is 18.6 Å². The van der Waals surface area contributed by atoms with Crippen LogP contribution >= 0.6 is 0 Å². The smallest absolute Gasteiger partial charge is 0.316 e. The van der Waals surface area contributed by atoms with E-state index in [4.69, 9.17) is 0 Å². The summed E-state index contributed by atoms with van der Waals surface area (Å²) < 4.78 is 0. The van der Waals surface area contributed by atoms with E-state index in [2.05, 4.69) is 15.3 Å². The van der Waals surface area contributed by atoms with Crippen LogP contribution in [-0.2, 0) is 16.1 Å². The summed E-state index contributed by atoms with van der Waals surface area (Å²) in [6, 6.07) is 11.1. The number of nitrogens with one attached hydrogen (secondary N) is 1. The second-order valence-electron chi connectivity index (χ2n) is 4.33. The van der Waals surface area contributed by atoms with Crippen molar-refractivity contribution in [3.05, 3.63) is 54.4 Å². The maximum absolute atomic E-state index is 12.1. The lowest BCUT2D eigenvalue weighted by atomic mass is 10.2. The first kappa shape index (κ1) is 14.6. The van der Waals surface area contributed by atoms with Crippen molar-refractivity contribution in [2.45, 2.75) is 13.5 Å². The Kier molecular flexibility index (Phi) is 4.98. The summed E-state index contributed by atoms with van der Waals surface area (Å²) >= 11 is 0. The molecule has 21 heavy (non-hydrogen) atoms. The number of nitrogens with zero attached hydrogens (tertiary/aromatic N) is 3. The molecular formula is C15H16N4O2. The van der Waals surface area contributed by atoms with Crippen LogP contribution in [0.15, 0.2) is 48.8 Å². The fourth-order valence-corrected chi connectivity index (χ4v) is 1.79. The van der Waals surface area contributed by atoms with E-state index in [-0.39, 0.29) is 5.95 Å². The molecule has 0 fully saturated rings. The van der Waals surface area contributed by atoms with E-state index in [0.717, 1.165) is 5.56 Å². The molecule has 0 saturated heterocycles. The molecule has 1 aromatic heterocycles. The van der Waals surface area contributed by atoms with Gasteiger partial charge in [0.25, 0.3) is 0 Å². The highest BCUT2D eigenvalue weighted by Gasteiger charge is 2.21. The summed E-state index contributed by atoms with van der Waals surface area (Å²) in [5, 5.41) is 2.39. The predicted molar refractivity (Wildman–Crippen MR) is 78.2 cm³/mol. The minimum absolute atomic E-state index is 0.117. The molecule has 0 unspecified atom stereocenters. The molecule has 108 valence electrons. The van der Waals surface area contributed by atoms with E-state index < -0.39 is 11.8 Å². The monoisotopic (exact) mass is 284 g/mol. The summed E-state index contributed by atoms with van der Waals surface area (Å²) in [6.45, 7) is 2.66. The third kappa shape index (κ3) is 4.10. The van der Waals surface area contributed by atoms with Crippen molar-refractivity contribution >= 4 is 17.8 Å². The molecule has 0 radical (unpaired) electrons. The van der Waals surface area contributed by atoms with Crippen molar-refractivity contribution in [2.75, 3.05) is 11.9 Å². The molecule has 1 aromatic carbocycles. The number of anilines is 1. The minimum Gasteiger partial charge on any atom is -0.330 e. The zero-order valence-corrected chi connectivity index (χ0v) is 11.7. The van der Waals surface area contributed by atoms with Crippen molar-refractivity contribution in [2.24, 2.45) is 0 Å². The standard InChI is InChI=1S/C15H16N4O2/c1-2-19(11-12-7-4-3-5-8-12)14(21)13(20)18-15-16-9-6-10-17-15/h3-10H,2,11H2,1H3,(H,16,17,18,20). The number of rotatable bonds is 4. The number of carbonyl (C=O) groups excluding carboxylic acids is 2. The second-order valence-corrected chi connectivity index (χ2v) is 4.33. The average Bonchev–Trinajstić information content (AvgIpc) is 2.54. The molecule has 1 heterocycles. The first-order valence-electron chi connectivity index (χ1n) is 6.62. The fourth-order valence-electron chi connectivity index (χ4n) is 1.79. The van der Waals surface area contributed by atoms with Crippen LogP contribution in [0.5, 0.6) is 0 Å². The average molecular weight is 284 g/mol. The van der Waals surface area contributed by atoms with Crippen LogP contribution in [0.2, 0.25) is 0 Å². The summed E-state index contributed by atoms with van der Waals surface area (Å²) in [5.41, 5.74) is 0.969. The van der Waals surface area contributed by atoms with E-state index in [1.807, 2.05) is 37.3 Å². The second kappa shape index (κ2) is 7.14. The van der Waals surface area contributed by atoms with Gasteiger partial charge < -0.3 is 4.90 Å². The van der Waals surface area contributed by atoms with Crippen molar-refractivity contribution in [1.82, 2.24) is 14.9 Å². The largest absolute Gasteiger partial charge is 0.330 e. The zero-order valence-electron chi connectivity index (χ0n) is 11.7. The van der Waals surface area contributed by atoms with Gasteiger partial charge in [0.1, 0.15) is 0 Å². The van der Waals surface area contributed by atoms with E-state index in [9.17, 15) is 9.59 Å². The topological polar surface area (TPSA) is 75.2 Å². The van der Waals surface area contributed by atoms with Crippen molar-refractivity contribution in [1.29, 1.82) is 0 Å². The van der Waals surface area contributed by atoms with Crippen LogP contribution in [-0.4, -0.2) is 33.2 Å². The molecule has 0 aliphatic heterocycles. The maximum atomic E-state index is 12.1. The Morgan fingerprint density at radius 3 is 2.38 bits per heavy atom. The van der Waals surface area contributed by atoms with E-state index in [1.54, 1.807) is 6.07 Å². The molecule has 0 aliphatic rings. The Bertz CT molecular complexity index is 602. The maximum Gasteiger partial charge on any atom is 0.316 e.